The van der Waals surface area contributed by atoms with E-state index in [4.69, 9.17) is 0 Å². The van der Waals surface area contributed by atoms with Crippen molar-refractivity contribution in [3.8, 4) is 66.8 Å². The van der Waals surface area contributed by atoms with Gasteiger partial charge in [0.15, 0.2) is 0 Å². The van der Waals surface area contributed by atoms with Crippen molar-refractivity contribution in [3.63, 3.8) is 0 Å². The summed E-state index contributed by atoms with van der Waals surface area (Å²) >= 11 is 0. The number of benzene rings is 14. The summed E-state index contributed by atoms with van der Waals surface area (Å²) in [6, 6.07) is 45.0. The summed E-state index contributed by atoms with van der Waals surface area (Å²) in [5.41, 5.74) is -21.6. The molecule has 568 valence electrons. The average molecular weight is 1570 g/mol. The molecule has 25 heteroatoms. The van der Waals surface area contributed by atoms with Crippen LogP contribution in [0.4, 0.5) is 105 Å². The summed E-state index contributed by atoms with van der Waals surface area (Å²) in [6.07, 6.45) is -37.4. The average Bonchev–Trinajstić information content (AvgIpc) is 1.59. The Bertz CT molecular complexity index is 6150. The predicted octanol–water partition coefficient (Wildman–Crippen LogP) is 25.5. The monoisotopic (exact) mass is 1570 g/mol. The summed E-state index contributed by atoms with van der Waals surface area (Å²) in [5.74, 6) is 0. The maximum Gasteiger partial charge on any atom is 0.416 e. The zero-order valence-corrected chi connectivity index (χ0v) is 56.9. The number of hydrogen-bond acceptors (Lipinski definition) is 0. The van der Waals surface area contributed by atoms with Crippen LogP contribution in [-0.2, 0) is 49.4 Å². The first-order valence-electron chi connectivity index (χ1n) is 33.9. The number of rotatable bonds is 6. The minimum Gasteiger partial charge on any atom is -0.217 e. The van der Waals surface area contributed by atoms with Crippen molar-refractivity contribution in [2.24, 2.45) is 0 Å². The topological polar surface area (TPSA) is 0 Å². The minimum absolute atomic E-state index is 0.0324. The van der Waals surface area contributed by atoms with Gasteiger partial charge in [0, 0.05) is 41.7 Å². The molecule has 2 aliphatic heterocycles. The maximum absolute atomic E-state index is 15.0. The van der Waals surface area contributed by atoms with E-state index in [-0.39, 0.29) is 88.9 Å². The lowest BCUT2D eigenvalue weighted by Gasteiger charge is -2.22. The molecule has 0 unspecified atom stereocenters. The van der Waals surface area contributed by atoms with Crippen LogP contribution in [0, 0.1) is 20.9 Å². The van der Waals surface area contributed by atoms with Crippen molar-refractivity contribution < 1.29 is 110 Å². The number of quaternary nitrogens is 1. The molecule has 2 aliphatic rings. The number of hydrogen-bond donors (Lipinski definition) is 0. The molecule has 0 fully saturated rings. The van der Waals surface area contributed by atoms with Gasteiger partial charge in [-0.05, 0) is 243 Å². The molecule has 0 N–H and O–H groups in total. The highest BCUT2D eigenvalue weighted by atomic mass is 19.4. The molecule has 1 nitrogen and oxygen atoms in total. The lowest BCUT2D eigenvalue weighted by molar-refractivity contribution is -0.583. The summed E-state index contributed by atoms with van der Waals surface area (Å²) in [5, 5.41) is 6.22. The maximum atomic E-state index is 15.0. The van der Waals surface area contributed by atoms with Gasteiger partial charge in [-0.15, -0.1) is 0 Å². The van der Waals surface area contributed by atoms with E-state index in [1.165, 1.54) is 12.1 Å². The minimum atomic E-state index is -5.52. The summed E-state index contributed by atoms with van der Waals surface area (Å²) in [6.45, 7) is 0. The largest absolute Gasteiger partial charge is 0.416 e. The Morgan fingerprint density at radius 1 is 0.177 bits per heavy atom. The Morgan fingerprint density at radius 2 is 0.389 bits per heavy atom. The van der Waals surface area contributed by atoms with Crippen molar-refractivity contribution in [1.29, 1.82) is 0 Å². The molecule has 0 atom stereocenters. The molecule has 113 heavy (non-hydrogen) atoms. The smallest absolute Gasteiger partial charge is 0.217 e. The Balaban J connectivity index is 1.16. The molecule has 14 aromatic rings. The van der Waals surface area contributed by atoms with Gasteiger partial charge in [-0.3, -0.25) is 0 Å². The Labute approximate surface area is 620 Å². The molecule has 0 bridgehead atoms. The van der Waals surface area contributed by atoms with E-state index in [1.54, 1.807) is 122 Å². The molecule has 14 aromatic carbocycles. The van der Waals surface area contributed by atoms with Crippen LogP contribution in [0.2, 0.25) is 0 Å². The van der Waals surface area contributed by atoms with Crippen LogP contribution in [0.15, 0.2) is 243 Å². The van der Waals surface area contributed by atoms with E-state index in [2.05, 4.69) is 0 Å². The fraction of sp³-hybridized carbons (Fsp3) is 0.0909. The third-order valence-corrected chi connectivity index (χ3v) is 20.2. The van der Waals surface area contributed by atoms with Crippen LogP contribution in [0.3, 0.4) is 0 Å². The molecule has 0 aromatic heterocycles. The second-order valence-corrected chi connectivity index (χ2v) is 27.6. The predicted molar refractivity (Wildman–Crippen MR) is 380 cm³/mol. The lowest BCUT2D eigenvalue weighted by atomic mass is 9.87. The summed E-state index contributed by atoms with van der Waals surface area (Å²) in [4.78, 5) is 0. The van der Waals surface area contributed by atoms with Crippen LogP contribution >= 0.6 is 0 Å². The molecular formula is C88H44F24N+. The molecule has 2 heterocycles. The van der Waals surface area contributed by atoms with E-state index in [9.17, 15) is 0 Å². The molecule has 1 spiro atoms. The fourth-order valence-corrected chi connectivity index (χ4v) is 15.2. The fourth-order valence-electron chi connectivity index (χ4n) is 15.2. The quantitative estimate of drug-likeness (QED) is 0.115. The second kappa shape index (κ2) is 26.0. The van der Waals surface area contributed by atoms with E-state index in [0.29, 0.717) is 80.2 Å². The number of halogens is 24. The van der Waals surface area contributed by atoms with Crippen LogP contribution in [0.1, 0.15) is 44.5 Å². The molecular weight excluding hydrogens is 1530 g/mol. The van der Waals surface area contributed by atoms with E-state index in [1.807, 2.05) is 24.3 Å². The van der Waals surface area contributed by atoms with Gasteiger partial charge in [0.25, 0.3) is 0 Å². The molecule has 16 rings (SSSR count). The number of fused-ring (bicyclic) bond motifs is 12. The van der Waals surface area contributed by atoms with Crippen LogP contribution < -0.4 is 20.9 Å². The van der Waals surface area contributed by atoms with Crippen molar-refractivity contribution in [3.05, 3.63) is 329 Å². The summed E-state index contributed by atoms with van der Waals surface area (Å²) < 4.78 is 359. The first-order chi connectivity index (χ1) is 52.9. The van der Waals surface area contributed by atoms with Gasteiger partial charge in [-0.1, -0.05) is 109 Å². The van der Waals surface area contributed by atoms with Gasteiger partial charge in [0.05, 0.1) is 44.5 Å². The van der Waals surface area contributed by atoms with Crippen LogP contribution in [0.5, 0.6) is 0 Å². The van der Waals surface area contributed by atoms with Gasteiger partial charge in [-0.25, -0.2) is 4.48 Å². The Morgan fingerprint density at radius 3 is 0.637 bits per heavy atom. The molecule has 0 saturated heterocycles. The van der Waals surface area contributed by atoms with Crippen molar-refractivity contribution in [1.82, 2.24) is 0 Å². The normalized spacial score (nSPS) is 14.0. The first kappa shape index (κ1) is 74.9. The highest BCUT2D eigenvalue weighted by Crippen LogP contribution is 2.48. The molecule has 0 radical (unpaired) electrons. The zero-order valence-electron chi connectivity index (χ0n) is 56.9. The van der Waals surface area contributed by atoms with Gasteiger partial charge in [-0.2, -0.15) is 105 Å². The van der Waals surface area contributed by atoms with Crippen molar-refractivity contribution in [2.75, 3.05) is 0 Å². The Hall–Kier alpha value is -12.1. The summed E-state index contributed by atoms with van der Waals surface area (Å²) in [7, 11) is 0. The first-order valence-corrected chi connectivity index (χ1v) is 33.9. The van der Waals surface area contributed by atoms with Crippen molar-refractivity contribution in [2.45, 2.75) is 49.4 Å². The highest BCUT2D eigenvalue weighted by molar-refractivity contribution is 5.96. The Kier molecular flexibility index (Phi) is 17.2. The van der Waals surface area contributed by atoms with Gasteiger partial charge < -0.3 is 0 Å². The standard InChI is InChI=1S/C88H44F24N/c89-81(90,91)61-27-55(28-62(37-61)82(92,93)94)51-21-52(56-29-63(83(95,96)97)38-64(30-56)84(98,99)100)24-59(23-51)73-35-47-11-3-7-15-71(47)79-75(73)43-113(41-49-19-17-45-9-1-5-13-69(45)77(49)78-50(42-113)20-18-46-10-2-6-14-70(46)78)44-76-74(36-48-12-4-8-16-72(48)80(76)79)60-25-53(57-31-65(85(101,102)103)39-66(32-57)86(104,105)106)22-54(26-60)58-33-67(87(107,108)109)40-68(34-58)88(110,111)112/h1-44H/q+1. The van der Waals surface area contributed by atoms with Crippen LogP contribution in [-0.4, -0.2) is 4.48 Å². The second-order valence-electron chi connectivity index (χ2n) is 27.6. The third-order valence-electron chi connectivity index (χ3n) is 20.2. The van der Waals surface area contributed by atoms with E-state index >= 15 is 105 Å². The SMILES string of the molecule is FC(F)(F)c1cc(-c2cc(-c3cc(C(F)(F)F)cc(C(F)(F)F)c3)cc(-c3cc4ccccc4c4c3=C[N+]3(C=c5ccc6ccccc6c5=c5c(ccc6ccccc56)=C3)C=c3c(-c5cc(-c6cc(C(F)(F)F)cc(C(F)(F)F)c6)cc(-c6cc(C(F)(F)F)cc(C(F)(F)F)c6)c5)cc5ccccc5c3=4)c2)cc(C(F)(F)F)c1. The number of nitrogens with zero attached hydrogens (tertiary/aromatic N) is 1. The van der Waals surface area contributed by atoms with Gasteiger partial charge >= 0.3 is 49.4 Å². The zero-order chi connectivity index (χ0) is 80.4. The van der Waals surface area contributed by atoms with Crippen molar-refractivity contribution >= 4 is 67.9 Å². The van der Waals surface area contributed by atoms with E-state index < -0.39 is 143 Å². The third kappa shape index (κ3) is 14.0. The lowest BCUT2D eigenvalue weighted by Crippen LogP contribution is -2.31. The molecule has 0 aliphatic carbocycles. The van der Waals surface area contributed by atoms with E-state index in [0.717, 1.165) is 47.2 Å². The molecule has 0 amide bonds. The van der Waals surface area contributed by atoms with Gasteiger partial charge in [0.2, 0.25) is 0 Å². The van der Waals surface area contributed by atoms with Crippen LogP contribution in [0.25, 0.3) is 135 Å². The number of alkyl halides is 24. The highest BCUT2D eigenvalue weighted by Gasteiger charge is 2.42. The molecule has 0 saturated carbocycles. The van der Waals surface area contributed by atoms with Gasteiger partial charge in [0.1, 0.15) is 24.8 Å².